The van der Waals surface area contributed by atoms with Gasteiger partial charge >= 0.3 is 0 Å². The molecule has 0 amide bonds. The first-order valence-electron chi connectivity index (χ1n) is 4.42. The molecular formula is C9H15N3O. The predicted octanol–water partition coefficient (Wildman–Crippen LogP) is 0.604. The minimum absolute atomic E-state index is 0.130. The number of rotatable bonds is 4. The highest BCUT2D eigenvalue weighted by Gasteiger charge is 2.04. The third-order valence-electron chi connectivity index (χ3n) is 1.80. The van der Waals surface area contributed by atoms with Crippen molar-refractivity contribution < 1.29 is 5.11 Å². The first kappa shape index (κ1) is 9.92. The van der Waals surface area contributed by atoms with Crippen LogP contribution in [0.3, 0.4) is 0 Å². The molecule has 72 valence electrons. The number of hydrogen-bond acceptors (Lipinski definition) is 4. The second kappa shape index (κ2) is 4.77. The van der Waals surface area contributed by atoms with Crippen LogP contribution in [0.2, 0.25) is 0 Å². The Balaban J connectivity index is 2.73. The smallest absolute Gasteiger partial charge is 0.225 e. The number of hydrogen-bond donors (Lipinski definition) is 1. The minimum atomic E-state index is 0.130. The lowest BCUT2D eigenvalue weighted by molar-refractivity contribution is 0.301. The number of aromatic nitrogens is 2. The van der Waals surface area contributed by atoms with Crippen molar-refractivity contribution in [1.82, 2.24) is 9.97 Å². The average molecular weight is 181 g/mol. The number of aliphatic hydroxyl groups excluding tert-OH is 1. The molecule has 0 aromatic carbocycles. The summed E-state index contributed by atoms with van der Waals surface area (Å²) in [6.07, 6.45) is 3.56. The van der Waals surface area contributed by atoms with Crippen LogP contribution in [-0.2, 0) is 0 Å². The van der Waals surface area contributed by atoms with Crippen molar-refractivity contribution in [2.24, 2.45) is 0 Å². The predicted molar refractivity (Wildman–Crippen MR) is 51.7 cm³/mol. The molecule has 0 atom stereocenters. The lowest BCUT2D eigenvalue weighted by Gasteiger charge is -2.18. The lowest BCUT2D eigenvalue weighted by Crippen LogP contribution is -2.27. The summed E-state index contributed by atoms with van der Waals surface area (Å²) in [6, 6.07) is 0. The highest BCUT2D eigenvalue weighted by molar-refractivity contribution is 5.28. The molecule has 0 fully saturated rings. The van der Waals surface area contributed by atoms with E-state index in [2.05, 4.69) is 9.97 Å². The van der Waals surface area contributed by atoms with Gasteiger partial charge in [0.05, 0.1) is 6.61 Å². The Labute approximate surface area is 78.2 Å². The Morgan fingerprint density at radius 3 is 2.46 bits per heavy atom. The van der Waals surface area contributed by atoms with Crippen molar-refractivity contribution in [3.05, 3.63) is 18.0 Å². The molecule has 4 nitrogen and oxygen atoms in total. The van der Waals surface area contributed by atoms with Gasteiger partial charge in [-0.1, -0.05) is 0 Å². The lowest BCUT2D eigenvalue weighted by atomic mass is 10.4. The second-order valence-electron chi connectivity index (χ2n) is 2.86. The molecule has 0 spiro atoms. The minimum Gasteiger partial charge on any atom is -0.395 e. The summed E-state index contributed by atoms with van der Waals surface area (Å²) in [5.74, 6) is 0.683. The molecule has 4 heteroatoms. The first-order chi connectivity index (χ1) is 6.27. The average Bonchev–Trinajstić information content (AvgIpc) is 2.16. The quantitative estimate of drug-likeness (QED) is 0.739. The zero-order chi connectivity index (χ0) is 9.68. The van der Waals surface area contributed by atoms with E-state index in [1.807, 2.05) is 18.7 Å². The molecule has 0 unspecified atom stereocenters. The van der Waals surface area contributed by atoms with E-state index < -0.39 is 0 Å². The normalized spacial score (nSPS) is 10.1. The van der Waals surface area contributed by atoms with E-state index in [-0.39, 0.29) is 6.61 Å². The fourth-order valence-corrected chi connectivity index (χ4v) is 1.07. The topological polar surface area (TPSA) is 49.2 Å². The molecule has 1 rings (SSSR count). The largest absolute Gasteiger partial charge is 0.395 e. The van der Waals surface area contributed by atoms with Gasteiger partial charge in [0, 0.05) is 25.5 Å². The number of likely N-dealkylation sites (N-methyl/N-ethyl adjacent to an activating group) is 1. The molecule has 0 bridgehead atoms. The summed E-state index contributed by atoms with van der Waals surface area (Å²) < 4.78 is 0. The maximum atomic E-state index is 8.79. The van der Waals surface area contributed by atoms with E-state index in [0.717, 1.165) is 12.1 Å². The standard InChI is InChI=1S/C9H15N3O/c1-3-12(4-5-13)9-10-6-8(2)7-11-9/h6-7,13H,3-5H2,1-2H3. The molecule has 0 saturated carbocycles. The molecular weight excluding hydrogens is 166 g/mol. The maximum absolute atomic E-state index is 8.79. The Bertz CT molecular complexity index is 248. The molecule has 1 N–H and O–H groups in total. The van der Waals surface area contributed by atoms with Gasteiger partial charge in [-0.25, -0.2) is 9.97 Å². The molecule has 0 saturated heterocycles. The SMILES string of the molecule is CCN(CCO)c1ncc(C)cn1. The van der Waals surface area contributed by atoms with E-state index in [1.54, 1.807) is 12.4 Å². The zero-order valence-electron chi connectivity index (χ0n) is 8.06. The maximum Gasteiger partial charge on any atom is 0.225 e. The van der Waals surface area contributed by atoms with E-state index in [9.17, 15) is 0 Å². The molecule has 13 heavy (non-hydrogen) atoms. The molecule has 0 aliphatic rings. The Kier molecular flexibility index (Phi) is 3.64. The molecule has 0 aliphatic carbocycles. The van der Waals surface area contributed by atoms with Gasteiger partial charge in [0.25, 0.3) is 0 Å². The Hall–Kier alpha value is -1.16. The molecule has 1 aromatic heterocycles. The fraction of sp³-hybridized carbons (Fsp3) is 0.556. The molecule has 1 heterocycles. The van der Waals surface area contributed by atoms with E-state index in [0.29, 0.717) is 12.5 Å². The van der Waals surface area contributed by atoms with Crippen LogP contribution < -0.4 is 4.90 Å². The van der Waals surface area contributed by atoms with Gasteiger partial charge in [-0.15, -0.1) is 0 Å². The van der Waals surface area contributed by atoms with Crippen molar-refractivity contribution in [2.45, 2.75) is 13.8 Å². The summed E-state index contributed by atoms with van der Waals surface area (Å²) >= 11 is 0. The monoisotopic (exact) mass is 181 g/mol. The van der Waals surface area contributed by atoms with Crippen LogP contribution in [0, 0.1) is 6.92 Å². The zero-order valence-corrected chi connectivity index (χ0v) is 8.06. The van der Waals surface area contributed by atoms with Gasteiger partial charge in [-0.3, -0.25) is 0 Å². The van der Waals surface area contributed by atoms with Crippen LogP contribution >= 0.6 is 0 Å². The molecule has 1 aromatic rings. The molecule has 0 radical (unpaired) electrons. The Morgan fingerprint density at radius 2 is 2.00 bits per heavy atom. The van der Waals surface area contributed by atoms with Gasteiger partial charge in [-0.2, -0.15) is 0 Å². The van der Waals surface area contributed by atoms with Crippen molar-refractivity contribution in [1.29, 1.82) is 0 Å². The van der Waals surface area contributed by atoms with Crippen LogP contribution in [0.15, 0.2) is 12.4 Å². The number of aryl methyl sites for hydroxylation is 1. The van der Waals surface area contributed by atoms with Crippen molar-refractivity contribution in [3.8, 4) is 0 Å². The van der Waals surface area contributed by atoms with Gasteiger partial charge in [0.1, 0.15) is 0 Å². The molecule has 0 aliphatic heterocycles. The van der Waals surface area contributed by atoms with E-state index >= 15 is 0 Å². The fourth-order valence-electron chi connectivity index (χ4n) is 1.07. The van der Waals surface area contributed by atoms with Crippen molar-refractivity contribution in [3.63, 3.8) is 0 Å². The van der Waals surface area contributed by atoms with Crippen molar-refractivity contribution in [2.75, 3.05) is 24.6 Å². The van der Waals surface area contributed by atoms with Crippen LogP contribution in [-0.4, -0.2) is 34.8 Å². The number of aliphatic hydroxyl groups is 1. The van der Waals surface area contributed by atoms with E-state index in [4.69, 9.17) is 5.11 Å². The highest BCUT2D eigenvalue weighted by Crippen LogP contribution is 2.05. The van der Waals surface area contributed by atoms with E-state index in [1.165, 1.54) is 0 Å². The van der Waals surface area contributed by atoms with Gasteiger partial charge < -0.3 is 10.0 Å². The third kappa shape index (κ3) is 2.66. The third-order valence-corrected chi connectivity index (χ3v) is 1.80. The number of anilines is 1. The van der Waals surface area contributed by atoms with Gasteiger partial charge in [-0.05, 0) is 19.4 Å². The number of nitrogens with zero attached hydrogens (tertiary/aromatic N) is 3. The first-order valence-corrected chi connectivity index (χ1v) is 4.42. The summed E-state index contributed by atoms with van der Waals surface area (Å²) in [5.41, 5.74) is 1.05. The van der Waals surface area contributed by atoms with Crippen LogP contribution in [0.1, 0.15) is 12.5 Å². The highest BCUT2D eigenvalue weighted by atomic mass is 16.3. The van der Waals surface area contributed by atoms with Crippen LogP contribution in [0.5, 0.6) is 0 Å². The second-order valence-corrected chi connectivity index (χ2v) is 2.86. The summed E-state index contributed by atoms with van der Waals surface area (Å²) in [7, 11) is 0. The van der Waals surface area contributed by atoms with Gasteiger partial charge in [0.15, 0.2) is 0 Å². The van der Waals surface area contributed by atoms with Crippen LogP contribution in [0.4, 0.5) is 5.95 Å². The van der Waals surface area contributed by atoms with Crippen LogP contribution in [0.25, 0.3) is 0 Å². The van der Waals surface area contributed by atoms with Gasteiger partial charge in [0.2, 0.25) is 5.95 Å². The van der Waals surface area contributed by atoms with Crippen molar-refractivity contribution >= 4 is 5.95 Å². The Morgan fingerprint density at radius 1 is 1.38 bits per heavy atom. The summed E-state index contributed by atoms with van der Waals surface area (Å²) in [6.45, 7) is 5.49. The summed E-state index contributed by atoms with van der Waals surface area (Å²) in [4.78, 5) is 10.3. The summed E-state index contributed by atoms with van der Waals surface area (Å²) in [5, 5.41) is 8.79.